The summed E-state index contributed by atoms with van der Waals surface area (Å²) >= 11 is 1.93. The molecule has 4 nitrogen and oxygen atoms in total. The smallest absolute Gasteiger partial charge is 0.319 e. The summed E-state index contributed by atoms with van der Waals surface area (Å²) in [5.74, 6) is 1.06. The van der Waals surface area contributed by atoms with E-state index in [1.54, 1.807) is 0 Å². The van der Waals surface area contributed by atoms with Crippen molar-refractivity contribution in [2.24, 2.45) is 0 Å². The van der Waals surface area contributed by atoms with Crippen molar-refractivity contribution in [1.29, 1.82) is 0 Å². The van der Waals surface area contributed by atoms with Crippen molar-refractivity contribution < 1.29 is 9.53 Å². The number of carbonyl (C=O) groups is 1. The number of carbonyl (C=O) groups excluding carboxylic acids is 1. The average Bonchev–Trinajstić information content (AvgIpc) is 2.48. The third-order valence-electron chi connectivity index (χ3n) is 3.46. The van der Waals surface area contributed by atoms with Crippen molar-refractivity contribution in [3.05, 3.63) is 30.3 Å². The first-order valence-electron chi connectivity index (χ1n) is 7.06. The van der Waals surface area contributed by atoms with E-state index in [1.165, 1.54) is 0 Å². The lowest BCUT2D eigenvalue weighted by molar-refractivity contribution is 0.0778. The maximum atomic E-state index is 11.9. The molecule has 0 radical (unpaired) electrons. The minimum absolute atomic E-state index is 0.126. The SMILES string of the molecule is CCSC1(CNC(=O)Nc2ccccc2)CCOCC1. The van der Waals surface area contributed by atoms with E-state index in [1.807, 2.05) is 42.1 Å². The van der Waals surface area contributed by atoms with Crippen LogP contribution >= 0.6 is 11.8 Å². The number of nitrogens with one attached hydrogen (secondary N) is 2. The molecule has 0 saturated carbocycles. The molecular formula is C15H22N2O2S. The van der Waals surface area contributed by atoms with Crippen LogP contribution in [0.2, 0.25) is 0 Å². The highest BCUT2D eigenvalue weighted by Crippen LogP contribution is 2.34. The van der Waals surface area contributed by atoms with Gasteiger partial charge in [0.1, 0.15) is 0 Å². The summed E-state index contributed by atoms with van der Waals surface area (Å²) in [6.07, 6.45) is 1.99. The Bertz CT molecular complexity index is 414. The van der Waals surface area contributed by atoms with Crippen LogP contribution in [0.5, 0.6) is 0 Å². The lowest BCUT2D eigenvalue weighted by Gasteiger charge is -2.36. The monoisotopic (exact) mass is 294 g/mol. The van der Waals surface area contributed by atoms with Crippen molar-refractivity contribution >= 4 is 23.5 Å². The molecule has 0 spiro atoms. The predicted molar refractivity (Wildman–Crippen MR) is 84.4 cm³/mol. The number of rotatable bonds is 5. The molecule has 0 aromatic heterocycles. The fourth-order valence-electron chi connectivity index (χ4n) is 2.36. The van der Waals surface area contributed by atoms with Crippen molar-refractivity contribution in [2.75, 3.05) is 30.8 Å². The third-order valence-corrected chi connectivity index (χ3v) is 4.91. The summed E-state index contributed by atoms with van der Waals surface area (Å²) in [4.78, 5) is 11.9. The van der Waals surface area contributed by atoms with Crippen LogP contribution < -0.4 is 10.6 Å². The number of ether oxygens (including phenoxy) is 1. The molecule has 5 heteroatoms. The molecule has 1 fully saturated rings. The van der Waals surface area contributed by atoms with Crippen molar-refractivity contribution in [3.8, 4) is 0 Å². The van der Waals surface area contributed by atoms with Crippen LogP contribution in [-0.4, -0.2) is 36.3 Å². The van der Waals surface area contributed by atoms with Crippen LogP contribution in [0.1, 0.15) is 19.8 Å². The van der Waals surface area contributed by atoms with E-state index in [9.17, 15) is 4.79 Å². The van der Waals surface area contributed by atoms with E-state index in [-0.39, 0.29) is 10.8 Å². The Labute approximate surface area is 124 Å². The van der Waals surface area contributed by atoms with Gasteiger partial charge < -0.3 is 15.4 Å². The summed E-state index contributed by atoms with van der Waals surface area (Å²) in [5.41, 5.74) is 0.814. The Morgan fingerprint density at radius 3 is 2.65 bits per heavy atom. The van der Waals surface area contributed by atoms with Crippen molar-refractivity contribution in [2.45, 2.75) is 24.5 Å². The van der Waals surface area contributed by atoms with Gasteiger partial charge in [-0.1, -0.05) is 25.1 Å². The Morgan fingerprint density at radius 1 is 1.30 bits per heavy atom. The first kappa shape index (κ1) is 15.2. The van der Waals surface area contributed by atoms with Gasteiger partial charge in [-0.05, 0) is 30.7 Å². The van der Waals surface area contributed by atoms with Crippen LogP contribution in [0.15, 0.2) is 30.3 Å². The number of hydrogen-bond donors (Lipinski definition) is 2. The minimum Gasteiger partial charge on any atom is -0.381 e. The third kappa shape index (κ3) is 4.42. The second-order valence-corrected chi connectivity index (χ2v) is 6.63. The zero-order valence-electron chi connectivity index (χ0n) is 11.9. The number of urea groups is 1. The second-order valence-electron chi connectivity index (χ2n) is 4.90. The maximum Gasteiger partial charge on any atom is 0.319 e. The quantitative estimate of drug-likeness (QED) is 0.877. The molecule has 1 heterocycles. The maximum absolute atomic E-state index is 11.9. The molecule has 1 saturated heterocycles. The van der Waals surface area contributed by atoms with Gasteiger partial charge in [0.15, 0.2) is 0 Å². The first-order valence-corrected chi connectivity index (χ1v) is 8.04. The number of benzene rings is 1. The standard InChI is InChI=1S/C15H22N2O2S/c1-2-20-15(8-10-19-11-9-15)12-16-14(18)17-13-6-4-3-5-7-13/h3-7H,2,8-12H2,1H3,(H2,16,17,18). The van der Waals surface area contributed by atoms with E-state index in [2.05, 4.69) is 17.6 Å². The van der Waals surface area contributed by atoms with Gasteiger partial charge in [-0.2, -0.15) is 11.8 Å². The molecule has 20 heavy (non-hydrogen) atoms. The summed E-state index contributed by atoms with van der Waals surface area (Å²) in [5, 5.41) is 5.85. The second kappa shape index (κ2) is 7.55. The lowest BCUT2D eigenvalue weighted by atomic mass is 9.99. The van der Waals surface area contributed by atoms with E-state index in [0.29, 0.717) is 6.54 Å². The number of para-hydroxylation sites is 1. The highest BCUT2D eigenvalue weighted by Gasteiger charge is 2.32. The summed E-state index contributed by atoms with van der Waals surface area (Å²) < 4.78 is 5.56. The molecule has 1 aliphatic rings. The molecule has 1 aliphatic heterocycles. The van der Waals surface area contributed by atoms with Crippen molar-refractivity contribution in [1.82, 2.24) is 5.32 Å². The van der Waals surface area contributed by atoms with Crippen LogP contribution in [-0.2, 0) is 4.74 Å². The fourth-order valence-corrected chi connectivity index (χ4v) is 3.60. The predicted octanol–water partition coefficient (Wildman–Crippen LogP) is 3.11. The molecule has 0 bridgehead atoms. The summed E-state index contributed by atoms with van der Waals surface area (Å²) in [6.45, 7) is 4.42. The van der Waals surface area contributed by atoms with Gasteiger partial charge in [-0.3, -0.25) is 0 Å². The van der Waals surface area contributed by atoms with Gasteiger partial charge in [0, 0.05) is 30.2 Å². The van der Waals surface area contributed by atoms with E-state index in [0.717, 1.165) is 37.5 Å². The highest BCUT2D eigenvalue weighted by atomic mass is 32.2. The molecule has 0 aliphatic carbocycles. The minimum atomic E-state index is -0.140. The van der Waals surface area contributed by atoms with Gasteiger partial charge in [-0.25, -0.2) is 4.79 Å². The van der Waals surface area contributed by atoms with E-state index < -0.39 is 0 Å². The van der Waals surface area contributed by atoms with Gasteiger partial charge >= 0.3 is 6.03 Å². The molecule has 2 amide bonds. The lowest BCUT2D eigenvalue weighted by Crippen LogP contribution is -2.45. The fraction of sp³-hybridized carbons (Fsp3) is 0.533. The molecule has 0 atom stereocenters. The molecule has 110 valence electrons. The van der Waals surface area contributed by atoms with Gasteiger partial charge in [-0.15, -0.1) is 0 Å². The van der Waals surface area contributed by atoms with Crippen molar-refractivity contribution in [3.63, 3.8) is 0 Å². The van der Waals surface area contributed by atoms with E-state index >= 15 is 0 Å². The van der Waals surface area contributed by atoms with Crippen LogP contribution in [0, 0.1) is 0 Å². The Hall–Kier alpha value is -1.20. The number of hydrogen-bond acceptors (Lipinski definition) is 3. The molecule has 0 unspecified atom stereocenters. The largest absolute Gasteiger partial charge is 0.381 e. The number of thioether (sulfide) groups is 1. The van der Waals surface area contributed by atoms with Crippen LogP contribution in [0.3, 0.4) is 0 Å². The number of amides is 2. The summed E-state index contributed by atoms with van der Waals surface area (Å²) in [6, 6.07) is 9.36. The van der Waals surface area contributed by atoms with Crippen LogP contribution in [0.4, 0.5) is 10.5 Å². The molecular weight excluding hydrogens is 272 g/mol. The molecule has 1 aromatic carbocycles. The molecule has 2 N–H and O–H groups in total. The van der Waals surface area contributed by atoms with E-state index in [4.69, 9.17) is 4.74 Å². The molecule has 2 rings (SSSR count). The van der Waals surface area contributed by atoms with Gasteiger partial charge in [0.05, 0.1) is 0 Å². The first-order chi connectivity index (χ1) is 9.74. The highest BCUT2D eigenvalue weighted by molar-refractivity contribution is 8.00. The normalized spacial score (nSPS) is 17.4. The average molecular weight is 294 g/mol. The summed E-state index contributed by atoms with van der Waals surface area (Å²) in [7, 11) is 0. The molecule has 1 aromatic rings. The Kier molecular flexibility index (Phi) is 5.73. The van der Waals surface area contributed by atoms with Gasteiger partial charge in [0.25, 0.3) is 0 Å². The van der Waals surface area contributed by atoms with Crippen LogP contribution in [0.25, 0.3) is 0 Å². The van der Waals surface area contributed by atoms with Gasteiger partial charge in [0.2, 0.25) is 0 Å². The Morgan fingerprint density at radius 2 is 2.00 bits per heavy atom. The zero-order chi connectivity index (χ0) is 14.3. The topological polar surface area (TPSA) is 50.4 Å². The number of anilines is 1. The Balaban J connectivity index is 1.84. The zero-order valence-corrected chi connectivity index (χ0v) is 12.7.